The Morgan fingerprint density at radius 1 is 0.977 bits per heavy atom. The Labute approximate surface area is 253 Å². The summed E-state index contributed by atoms with van der Waals surface area (Å²) >= 11 is 0. The SMILES string of the molecule is O=C(Cn1cnc(C[C@@H]2NC(=O)COCCOCCNC(=O)[C@@H](Cc3cn(CCO)nn3)NC2=O)c1)NCc1ccccc1. The van der Waals surface area contributed by atoms with Crippen molar-refractivity contribution in [1.82, 2.24) is 45.8 Å². The van der Waals surface area contributed by atoms with E-state index >= 15 is 0 Å². The first-order valence-corrected chi connectivity index (χ1v) is 14.2. The van der Waals surface area contributed by atoms with E-state index in [1.54, 1.807) is 17.0 Å². The first-order valence-electron chi connectivity index (χ1n) is 14.2. The summed E-state index contributed by atoms with van der Waals surface area (Å²) in [4.78, 5) is 56.0. The monoisotopic (exact) mass is 611 g/mol. The smallest absolute Gasteiger partial charge is 0.246 e. The molecule has 0 bridgehead atoms. The molecule has 1 aliphatic rings. The Kier molecular flexibility index (Phi) is 12.3. The van der Waals surface area contributed by atoms with E-state index in [0.29, 0.717) is 17.9 Å². The number of imidazole rings is 1. The Bertz CT molecular complexity index is 1380. The second-order valence-electron chi connectivity index (χ2n) is 10.0. The van der Waals surface area contributed by atoms with E-state index in [2.05, 4.69) is 36.6 Å². The molecule has 16 nitrogen and oxygen atoms in total. The number of carbonyl (C=O) groups is 4. The van der Waals surface area contributed by atoms with Crippen molar-refractivity contribution in [2.45, 2.75) is 44.6 Å². The highest BCUT2D eigenvalue weighted by Gasteiger charge is 2.29. The maximum atomic E-state index is 13.5. The van der Waals surface area contributed by atoms with Crippen molar-refractivity contribution in [3.63, 3.8) is 0 Å². The van der Waals surface area contributed by atoms with Gasteiger partial charge >= 0.3 is 0 Å². The summed E-state index contributed by atoms with van der Waals surface area (Å²) in [6.45, 7) is 0.974. The molecule has 0 radical (unpaired) electrons. The van der Waals surface area contributed by atoms with Crippen molar-refractivity contribution >= 4 is 23.6 Å². The Balaban J connectivity index is 1.44. The minimum absolute atomic E-state index is 0.0121. The number of carbonyl (C=O) groups excluding carboxylic acids is 4. The Hall–Kier alpha value is -4.67. The lowest BCUT2D eigenvalue weighted by molar-refractivity contribution is -0.133. The van der Waals surface area contributed by atoms with Crippen molar-refractivity contribution in [2.75, 3.05) is 39.6 Å². The van der Waals surface area contributed by atoms with Gasteiger partial charge < -0.3 is 40.4 Å². The fourth-order valence-corrected chi connectivity index (χ4v) is 4.36. The summed E-state index contributed by atoms with van der Waals surface area (Å²) in [5, 5.41) is 28.1. The number of aliphatic hydroxyl groups excluding tert-OH is 1. The summed E-state index contributed by atoms with van der Waals surface area (Å²) < 4.78 is 13.8. The van der Waals surface area contributed by atoms with Gasteiger partial charge in [0.2, 0.25) is 23.6 Å². The number of hydrogen-bond acceptors (Lipinski definition) is 10. The molecule has 16 heteroatoms. The number of aliphatic hydroxyl groups is 1. The predicted octanol–water partition coefficient (Wildman–Crippen LogP) is -2.30. The zero-order chi connectivity index (χ0) is 31.1. The van der Waals surface area contributed by atoms with Gasteiger partial charge in [-0.15, -0.1) is 5.10 Å². The number of ether oxygens (including phenoxy) is 2. The van der Waals surface area contributed by atoms with E-state index in [1.165, 1.54) is 11.0 Å². The molecular weight excluding hydrogens is 574 g/mol. The third-order valence-corrected chi connectivity index (χ3v) is 6.52. The van der Waals surface area contributed by atoms with Crippen LogP contribution in [-0.2, 0) is 61.1 Å². The standard InChI is InChI=1S/C28H37N9O7/c38-8-7-37-16-22(34-35-37)13-23-27(41)29-6-9-43-10-11-44-18-26(40)32-24(28(42)33-23)12-21-15-36(19-31-21)17-25(39)30-14-20-4-2-1-3-5-20/h1-5,15-16,19,23-24,38H,6-14,17-18H2,(H,29,41)(H,30,39)(H,32,40)(H,33,42)/t23-,24+/m1/s1. The van der Waals surface area contributed by atoms with Gasteiger partial charge in [-0.3, -0.25) is 19.2 Å². The summed E-state index contributed by atoms with van der Waals surface area (Å²) in [6, 6.07) is 7.36. The molecule has 0 spiro atoms. The zero-order valence-electron chi connectivity index (χ0n) is 24.2. The molecule has 1 fully saturated rings. The minimum atomic E-state index is -1.11. The van der Waals surface area contributed by atoms with Gasteiger partial charge in [0.25, 0.3) is 0 Å². The maximum Gasteiger partial charge on any atom is 0.246 e. The number of benzene rings is 1. The van der Waals surface area contributed by atoms with Gasteiger partial charge in [-0.1, -0.05) is 35.5 Å². The van der Waals surface area contributed by atoms with Crippen LogP contribution in [-0.4, -0.2) is 105 Å². The van der Waals surface area contributed by atoms with Crippen molar-refractivity contribution in [1.29, 1.82) is 0 Å². The van der Waals surface area contributed by atoms with Gasteiger partial charge in [-0.05, 0) is 5.56 Å². The molecule has 236 valence electrons. The fourth-order valence-electron chi connectivity index (χ4n) is 4.36. The van der Waals surface area contributed by atoms with Gasteiger partial charge in [0.05, 0.1) is 50.7 Å². The highest BCUT2D eigenvalue weighted by molar-refractivity contribution is 5.92. The van der Waals surface area contributed by atoms with Gasteiger partial charge in [-0.2, -0.15) is 0 Å². The Morgan fingerprint density at radius 3 is 2.57 bits per heavy atom. The molecule has 44 heavy (non-hydrogen) atoms. The van der Waals surface area contributed by atoms with Crippen molar-refractivity contribution in [3.8, 4) is 0 Å². The second-order valence-corrected chi connectivity index (χ2v) is 10.0. The largest absolute Gasteiger partial charge is 0.394 e. The van der Waals surface area contributed by atoms with Crippen LogP contribution < -0.4 is 21.3 Å². The van der Waals surface area contributed by atoms with E-state index in [-0.39, 0.29) is 71.4 Å². The molecule has 0 saturated carbocycles. The molecule has 2 aromatic heterocycles. The first kappa shape index (κ1) is 32.2. The molecule has 0 unspecified atom stereocenters. The Morgan fingerprint density at radius 2 is 1.75 bits per heavy atom. The fraction of sp³-hybridized carbons (Fsp3) is 0.464. The van der Waals surface area contributed by atoms with E-state index in [1.807, 2.05) is 30.3 Å². The van der Waals surface area contributed by atoms with Crippen LogP contribution in [0.5, 0.6) is 0 Å². The normalized spacial score (nSPS) is 18.8. The van der Waals surface area contributed by atoms with E-state index in [9.17, 15) is 19.2 Å². The lowest BCUT2D eigenvalue weighted by Gasteiger charge is -2.22. The lowest BCUT2D eigenvalue weighted by Crippen LogP contribution is -2.55. The van der Waals surface area contributed by atoms with Crippen LogP contribution in [0.1, 0.15) is 17.0 Å². The second kappa shape index (κ2) is 16.8. The van der Waals surface area contributed by atoms with Crippen molar-refractivity contribution in [2.24, 2.45) is 0 Å². The average Bonchev–Trinajstić information content (AvgIpc) is 3.65. The van der Waals surface area contributed by atoms with Gasteiger partial charge in [0, 0.05) is 38.3 Å². The van der Waals surface area contributed by atoms with Crippen LogP contribution >= 0.6 is 0 Å². The molecule has 3 aromatic rings. The molecule has 3 heterocycles. The van der Waals surface area contributed by atoms with Gasteiger partial charge in [0.1, 0.15) is 25.2 Å². The summed E-state index contributed by atoms with van der Waals surface area (Å²) in [5.41, 5.74) is 1.84. The number of nitrogens with one attached hydrogen (secondary N) is 4. The van der Waals surface area contributed by atoms with Crippen LogP contribution in [0.4, 0.5) is 0 Å². The maximum absolute atomic E-state index is 13.5. The number of hydrogen-bond donors (Lipinski definition) is 5. The van der Waals surface area contributed by atoms with E-state index in [0.717, 1.165) is 5.56 Å². The third kappa shape index (κ3) is 10.6. The molecule has 4 amide bonds. The molecule has 5 N–H and O–H groups in total. The van der Waals surface area contributed by atoms with Crippen LogP contribution in [0, 0.1) is 0 Å². The molecular formula is C28H37N9O7. The number of aromatic nitrogens is 5. The van der Waals surface area contributed by atoms with E-state index < -0.39 is 29.8 Å². The summed E-state index contributed by atoms with van der Waals surface area (Å²) in [5.74, 6) is -1.85. The van der Waals surface area contributed by atoms with Crippen LogP contribution in [0.25, 0.3) is 0 Å². The molecule has 1 saturated heterocycles. The molecule has 1 aromatic carbocycles. The molecule has 1 aliphatic heterocycles. The zero-order valence-corrected chi connectivity index (χ0v) is 24.2. The van der Waals surface area contributed by atoms with Crippen LogP contribution in [0.2, 0.25) is 0 Å². The van der Waals surface area contributed by atoms with Gasteiger partial charge in [0.15, 0.2) is 0 Å². The van der Waals surface area contributed by atoms with Crippen molar-refractivity contribution < 1.29 is 33.8 Å². The van der Waals surface area contributed by atoms with Crippen LogP contribution in [0.15, 0.2) is 49.1 Å². The predicted molar refractivity (Wildman–Crippen MR) is 154 cm³/mol. The minimum Gasteiger partial charge on any atom is -0.394 e. The highest BCUT2D eigenvalue weighted by atomic mass is 16.5. The van der Waals surface area contributed by atoms with Crippen LogP contribution in [0.3, 0.4) is 0 Å². The number of rotatable bonds is 10. The molecule has 0 aliphatic carbocycles. The first-order chi connectivity index (χ1) is 21.4. The lowest BCUT2D eigenvalue weighted by atomic mass is 10.1. The summed E-state index contributed by atoms with van der Waals surface area (Å²) in [6.07, 6.45) is 4.67. The van der Waals surface area contributed by atoms with E-state index in [4.69, 9.17) is 14.6 Å². The number of amides is 4. The molecule has 2 atom stereocenters. The highest BCUT2D eigenvalue weighted by Crippen LogP contribution is 2.06. The third-order valence-electron chi connectivity index (χ3n) is 6.52. The topological polar surface area (TPSA) is 204 Å². The molecule has 4 rings (SSSR count). The van der Waals surface area contributed by atoms with Gasteiger partial charge in [-0.25, -0.2) is 9.67 Å². The quantitative estimate of drug-likeness (QED) is 0.166. The number of nitrogens with zero attached hydrogens (tertiary/aromatic N) is 5. The van der Waals surface area contributed by atoms with Crippen molar-refractivity contribution in [3.05, 3.63) is 66.0 Å². The average molecular weight is 612 g/mol. The summed E-state index contributed by atoms with van der Waals surface area (Å²) in [7, 11) is 0.